The summed E-state index contributed by atoms with van der Waals surface area (Å²) in [5.74, 6) is 0.260. The van der Waals surface area contributed by atoms with Gasteiger partial charge < -0.3 is 15.2 Å². The van der Waals surface area contributed by atoms with Crippen molar-refractivity contribution in [3.05, 3.63) is 0 Å². The summed E-state index contributed by atoms with van der Waals surface area (Å²) in [6.07, 6.45) is 0.635. The Labute approximate surface area is 130 Å². The van der Waals surface area contributed by atoms with Crippen LogP contribution in [0.5, 0.6) is 0 Å². The van der Waals surface area contributed by atoms with Gasteiger partial charge in [-0.05, 0) is 26.0 Å². The maximum Gasteiger partial charge on any atom is 0.326 e. The minimum atomic E-state index is -0.981. The minimum Gasteiger partial charge on any atom is -0.480 e. The molecule has 6 nitrogen and oxygen atoms in total. The smallest absolute Gasteiger partial charge is 0.326 e. The van der Waals surface area contributed by atoms with Gasteiger partial charge in [0, 0.05) is 31.8 Å². The molecule has 0 aromatic carbocycles. The Morgan fingerprint density at radius 2 is 2.19 bits per heavy atom. The van der Waals surface area contributed by atoms with Crippen LogP contribution in [0.4, 0.5) is 0 Å². The first-order chi connectivity index (χ1) is 9.90. The average molecular weight is 318 g/mol. The Morgan fingerprint density at radius 1 is 1.48 bits per heavy atom. The molecular formula is C14H26N2O4S. The summed E-state index contributed by atoms with van der Waals surface area (Å²) in [6.45, 7) is 8.36. The first-order valence-electron chi connectivity index (χ1n) is 7.33. The second-order valence-corrected chi connectivity index (χ2v) is 6.69. The van der Waals surface area contributed by atoms with E-state index >= 15 is 0 Å². The fraction of sp³-hybridized carbons (Fsp3) is 0.857. The van der Waals surface area contributed by atoms with E-state index in [4.69, 9.17) is 9.84 Å². The van der Waals surface area contributed by atoms with E-state index < -0.39 is 12.0 Å². The summed E-state index contributed by atoms with van der Waals surface area (Å²) in [4.78, 5) is 24.3. The lowest BCUT2D eigenvalue weighted by atomic mass is 10.2. The number of thioether (sulfide) groups is 1. The summed E-state index contributed by atoms with van der Waals surface area (Å²) in [6, 6.07) is -0.271. The SMILES string of the molecule is CC(=O)NC(CCSCC1CN(C(C)C)CCO1)C(=O)O. The Hall–Kier alpha value is -0.790. The molecule has 1 saturated heterocycles. The summed E-state index contributed by atoms with van der Waals surface area (Å²) in [5.41, 5.74) is 0. The molecule has 7 heteroatoms. The van der Waals surface area contributed by atoms with Crippen LogP contribution in [0.1, 0.15) is 27.2 Å². The van der Waals surface area contributed by atoms with Crippen LogP contribution in [-0.2, 0) is 14.3 Å². The lowest BCUT2D eigenvalue weighted by Gasteiger charge is -2.35. The molecule has 2 atom stereocenters. The van der Waals surface area contributed by atoms with Crippen LogP contribution >= 0.6 is 11.8 Å². The normalized spacial score (nSPS) is 21.2. The third-order valence-corrected chi connectivity index (χ3v) is 4.56. The number of nitrogens with zero attached hydrogens (tertiary/aromatic N) is 1. The van der Waals surface area contributed by atoms with Crippen molar-refractivity contribution in [1.82, 2.24) is 10.2 Å². The molecule has 0 aliphatic carbocycles. The van der Waals surface area contributed by atoms with Gasteiger partial charge in [0.15, 0.2) is 0 Å². The van der Waals surface area contributed by atoms with Crippen LogP contribution in [0.3, 0.4) is 0 Å². The molecule has 0 aromatic heterocycles. The lowest BCUT2D eigenvalue weighted by molar-refractivity contribution is -0.141. The molecule has 0 aromatic rings. The van der Waals surface area contributed by atoms with Crippen molar-refractivity contribution in [1.29, 1.82) is 0 Å². The van der Waals surface area contributed by atoms with Crippen molar-refractivity contribution in [3.63, 3.8) is 0 Å². The van der Waals surface area contributed by atoms with E-state index in [1.807, 2.05) is 0 Å². The number of nitrogens with one attached hydrogen (secondary N) is 1. The summed E-state index contributed by atoms with van der Waals surface area (Å²) < 4.78 is 5.73. The predicted octanol–water partition coefficient (Wildman–Crippen LogP) is 0.808. The molecule has 0 saturated carbocycles. The van der Waals surface area contributed by atoms with Crippen LogP contribution < -0.4 is 5.32 Å². The topological polar surface area (TPSA) is 78.9 Å². The number of aliphatic carboxylic acids is 1. The van der Waals surface area contributed by atoms with Crippen molar-refractivity contribution < 1.29 is 19.4 Å². The molecule has 1 fully saturated rings. The number of carbonyl (C=O) groups excluding carboxylic acids is 1. The highest BCUT2D eigenvalue weighted by Gasteiger charge is 2.22. The van der Waals surface area contributed by atoms with E-state index in [0.29, 0.717) is 18.2 Å². The van der Waals surface area contributed by atoms with Gasteiger partial charge in [-0.3, -0.25) is 9.69 Å². The molecule has 21 heavy (non-hydrogen) atoms. The largest absolute Gasteiger partial charge is 0.480 e. The van der Waals surface area contributed by atoms with E-state index in [1.165, 1.54) is 6.92 Å². The second-order valence-electron chi connectivity index (χ2n) is 5.54. The van der Waals surface area contributed by atoms with E-state index in [0.717, 1.165) is 25.4 Å². The van der Waals surface area contributed by atoms with E-state index in [9.17, 15) is 9.59 Å². The molecule has 1 aliphatic heterocycles. The van der Waals surface area contributed by atoms with Crippen molar-refractivity contribution in [2.75, 3.05) is 31.2 Å². The standard InChI is InChI=1S/C14H26N2O4S/c1-10(2)16-5-6-20-12(8-16)9-21-7-4-13(14(18)19)15-11(3)17/h10,12-13H,4-9H2,1-3H3,(H,15,17)(H,18,19). The maximum absolute atomic E-state index is 11.0. The fourth-order valence-electron chi connectivity index (χ4n) is 2.23. The van der Waals surface area contributed by atoms with Crippen molar-refractivity contribution in [2.24, 2.45) is 0 Å². The van der Waals surface area contributed by atoms with Crippen molar-refractivity contribution in [2.45, 2.75) is 45.4 Å². The molecule has 1 rings (SSSR count). The van der Waals surface area contributed by atoms with Crippen LogP contribution in [0.2, 0.25) is 0 Å². The zero-order valence-electron chi connectivity index (χ0n) is 13.0. The molecule has 0 bridgehead atoms. The zero-order chi connectivity index (χ0) is 15.8. The number of carbonyl (C=O) groups is 2. The van der Waals surface area contributed by atoms with Gasteiger partial charge in [-0.2, -0.15) is 11.8 Å². The Bertz CT molecular complexity index is 352. The zero-order valence-corrected chi connectivity index (χ0v) is 13.8. The number of amides is 1. The average Bonchev–Trinajstić information content (AvgIpc) is 2.41. The molecule has 0 spiro atoms. The lowest BCUT2D eigenvalue weighted by Crippen LogP contribution is -2.46. The third-order valence-electron chi connectivity index (χ3n) is 3.43. The van der Waals surface area contributed by atoms with Crippen molar-refractivity contribution >= 4 is 23.6 Å². The number of carboxylic acid groups (broad SMARTS) is 1. The molecule has 1 aliphatic rings. The summed E-state index contributed by atoms with van der Waals surface area (Å²) in [5, 5.41) is 11.5. The van der Waals surface area contributed by atoms with Gasteiger partial charge in [-0.1, -0.05) is 0 Å². The van der Waals surface area contributed by atoms with Gasteiger partial charge in [0.25, 0.3) is 0 Å². The van der Waals surface area contributed by atoms with Gasteiger partial charge in [-0.25, -0.2) is 4.79 Å². The highest BCUT2D eigenvalue weighted by atomic mass is 32.2. The number of hydrogen-bond acceptors (Lipinski definition) is 5. The van der Waals surface area contributed by atoms with E-state index in [1.54, 1.807) is 11.8 Å². The Kier molecular flexibility index (Phi) is 8.06. The van der Waals surface area contributed by atoms with Gasteiger partial charge in [0.05, 0.1) is 12.7 Å². The van der Waals surface area contributed by atoms with Gasteiger partial charge >= 0.3 is 5.97 Å². The molecule has 1 amide bonds. The Morgan fingerprint density at radius 3 is 2.76 bits per heavy atom. The first-order valence-corrected chi connectivity index (χ1v) is 8.49. The molecular weight excluding hydrogens is 292 g/mol. The fourth-order valence-corrected chi connectivity index (χ4v) is 3.26. The predicted molar refractivity (Wildman–Crippen MR) is 83.6 cm³/mol. The van der Waals surface area contributed by atoms with Gasteiger partial charge in [0.1, 0.15) is 6.04 Å². The van der Waals surface area contributed by atoms with Gasteiger partial charge in [0.2, 0.25) is 5.91 Å². The van der Waals surface area contributed by atoms with Crippen LogP contribution in [0.25, 0.3) is 0 Å². The monoisotopic (exact) mass is 318 g/mol. The molecule has 0 radical (unpaired) electrons. The molecule has 2 N–H and O–H groups in total. The summed E-state index contributed by atoms with van der Waals surface area (Å²) >= 11 is 1.68. The van der Waals surface area contributed by atoms with E-state index in [-0.39, 0.29) is 12.0 Å². The number of ether oxygens (including phenoxy) is 1. The summed E-state index contributed by atoms with van der Waals surface area (Å²) in [7, 11) is 0. The second kappa shape index (κ2) is 9.27. The van der Waals surface area contributed by atoms with Crippen molar-refractivity contribution in [3.8, 4) is 0 Å². The molecule has 1 heterocycles. The minimum absolute atomic E-state index is 0.204. The molecule has 2 unspecified atom stereocenters. The van der Waals surface area contributed by atoms with E-state index in [2.05, 4.69) is 24.1 Å². The maximum atomic E-state index is 11.0. The number of rotatable bonds is 8. The number of morpholine rings is 1. The molecule has 122 valence electrons. The number of hydrogen-bond donors (Lipinski definition) is 2. The van der Waals surface area contributed by atoms with Crippen LogP contribution in [-0.4, -0.2) is 71.3 Å². The Balaban J connectivity index is 2.23. The van der Waals surface area contributed by atoms with Crippen LogP contribution in [0.15, 0.2) is 0 Å². The number of carboxylic acids is 1. The first kappa shape index (κ1) is 18.3. The highest BCUT2D eigenvalue weighted by molar-refractivity contribution is 7.99. The highest BCUT2D eigenvalue weighted by Crippen LogP contribution is 2.15. The van der Waals surface area contributed by atoms with Crippen LogP contribution in [0, 0.1) is 0 Å². The third kappa shape index (κ3) is 7.15. The quantitative estimate of drug-likeness (QED) is 0.645. The van der Waals surface area contributed by atoms with Gasteiger partial charge in [-0.15, -0.1) is 0 Å².